The third kappa shape index (κ3) is 3.29. The van der Waals surface area contributed by atoms with Gasteiger partial charge in [0, 0.05) is 0 Å². The van der Waals surface area contributed by atoms with Gasteiger partial charge in [-0.05, 0) is 39.5 Å². The number of nitrogens with zero attached hydrogens (tertiary/aromatic N) is 1. The van der Waals surface area contributed by atoms with Gasteiger partial charge in [0.1, 0.15) is 0 Å². The van der Waals surface area contributed by atoms with Crippen molar-refractivity contribution in [3.8, 4) is 0 Å². The Morgan fingerprint density at radius 2 is 1.79 bits per heavy atom. The van der Waals surface area contributed by atoms with E-state index in [0.717, 1.165) is 31.4 Å². The van der Waals surface area contributed by atoms with Crippen LogP contribution in [0.1, 0.15) is 46.0 Å². The van der Waals surface area contributed by atoms with E-state index in [1.54, 1.807) is 13.8 Å². The molecule has 1 rings (SSSR count). The summed E-state index contributed by atoms with van der Waals surface area (Å²) in [6.45, 7) is 3.16. The van der Waals surface area contributed by atoms with E-state index < -0.39 is 15.4 Å². The molecule has 82 valence electrons. The third-order valence-electron chi connectivity index (χ3n) is 2.28. The van der Waals surface area contributed by atoms with Crippen LogP contribution < -0.4 is 0 Å². The summed E-state index contributed by atoms with van der Waals surface area (Å²) in [6.07, 6.45) is 5.12. The van der Waals surface area contributed by atoms with E-state index in [9.17, 15) is 8.42 Å². The Morgan fingerprint density at radius 3 is 2.29 bits per heavy atom. The predicted octanol–water partition coefficient (Wildman–Crippen LogP) is 2.06. The van der Waals surface area contributed by atoms with Crippen LogP contribution in [0.25, 0.3) is 0 Å². The van der Waals surface area contributed by atoms with Crippen molar-refractivity contribution in [3.63, 3.8) is 0 Å². The van der Waals surface area contributed by atoms with Crippen molar-refractivity contribution < 1.29 is 12.7 Å². The molecule has 1 aliphatic rings. The molecule has 0 aliphatic heterocycles. The van der Waals surface area contributed by atoms with Crippen LogP contribution in [0.15, 0.2) is 5.16 Å². The first-order valence-corrected chi connectivity index (χ1v) is 6.48. The lowest BCUT2D eigenvalue weighted by molar-refractivity contribution is 0.330. The number of hydrogen-bond acceptors (Lipinski definition) is 4. The zero-order valence-electron chi connectivity index (χ0n) is 8.69. The highest BCUT2D eigenvalue weighted by Gasteiger charge is 2.18. The van der Waals surface area contributed by atoms with E-state index in [0.29, 0.717) is 0 Å². The van der Waals surface area contributed by atoms with Crippen molar-refractivity contribution in [2.75, 3.05) is 0 Å². The highest BCUT2D eigenvalue weighted by molar-refractivity contribution is 7.87. The highest BCUT2D eigenvalue weighted by atomic mass is 32.2. The fraction of sp³-hybridized carbons (Fsp3) is 0.889. The molecule has 0 atom stereocenters. The van der Waals surface area contributed by atoms with Gasteiger partial charge >= 0.3 is 10.1 Å². The number of oxime groups is 1. The first kappa shape index (κ1) is 11.5. The molecule has 0 saturated heterocycles. The summed E-state index contributed by atoms with van der Waals surface area (Å²) >= 11 is 0. The maximum absolute atomic E-state index is 11.2. The Kier molecular flexibility index (Phi) is 3.92. The van der Waals surface area contributed by atoms with Crippen LogP contribution in [0, 0.1) is 0 Å². The van der Waals surface area contributed by atoms with Gasteiger partial charge in [0.2, 0.25) is 0 Å². The van der Waals surface area contributed by atoms with E-state index in [4.69, 9.17) is 0 Å². The van der Waals surface area contributed by atoms with E-state index in [1.165, 1.54) is 6.42 Å². The van der Waals surface area contributed by atoms with Gasteiger partial charge in [-0.25, -0.2) is 0 Å². The van der Waals surface area contributed by atoms with Gasteiger partial charge in [-0.15, -0.1) is 0 Å². The molecule has 5 heteroatoms. The molecule has 0 heterocycles. The van der Waals surface area contributed by atoms with E-state index in [2.05, 4.69) is 9.44 Å². The lowest BCUT2D eigenvalue weighted by Crippen LogP contribution is -2.16. The number of rotatable bonds is 3. The number of hydrogen-bond donors (Lipinski definition) is 0. The summed E-state index contributed by atoms with van der Waals surface area (Å²) in [7, 11) is -3.49. The third-order valence-corrected chi connectivity index (χ3v) is 3.72. The van der Waals surface area contributed by atoms with Gasteiger partial charge in [-0.3, -0.25) is 4.28 Å². The zero-order valence-corrected chi connectivity index (χ0v) is 9.51. The van der Waals surface area contributed by atoms with Crippen molar-refractivity contribution in [1.82, 2.24) is 0 Å². The molecule has 0 aromatic carbocycles. The van der Waals surface area contributed by atoms with Crippen molar-refractivity contribution in [2.45, 2.75) is 51.2 Å². The average molecular weight is 219 g/mol. The molecule has 0 spiro atoms. The van der Waals surface area contributed by atoms with Gasteiger partial charge in [0.05, 0.1) is 11.0 Å². The summed E-state index contributed by atoms with van der Waals surface area (Å²) in [5, 5.41) is 3.17. The first-order valence-electron chi connectivity index (χ1n) is 5.00. The van der Waals surface area contributed by atoms with Gasteiger partial charge in [-0.2, -0.15) is 8.42 Å². The molecule has 14 heavy (non-hydrogen) atoms. The molecule has 1 saturated carbocycles. The van der Waals surface area contributed by atoms with E-state index in [-0.39, 0.29) is 0 Å². The molecule has 1 aliphatic carbocycles. The standard InChI is InChI=1S/C9H17NO3S/c1-8(2)14(11,12)13-10-9-6-4-3-5-7-9/h8H,3-7H2,1-2H3. The van der Waals surface area contributed by atoms with Crippen LogP contribution in [0.2, 0.25) is 0 Å². The first-order chi connectivity index (χ1) is 6.52. The maximum Gasteiger partial charge on any atom is 0.330 e. The van der Waals surface area contributed by atoms with E-state index in [1.807, 2.05) is 0 Å². The van der Waals surface area contributed by atoms with Gasteiger partial charge in [0.25, 0.3) is 0 Å². The molecule has 0 bridgehead atoms. The Balaban J connectivity index is 2.53. The van der Waals surface area contributed by atoms with Crippen LogP contribution in [-0.2, 0) is 14.4 Å². The normalized spacial score (nSPS) is 18.4. The summed E-state index contributed by atoms with van der Waals surface area (Å²) in [5.41, 5.74) is 0.875. The van der Waals surface area contributed by atoms with Crippen molar-refractivity contribution in [2.24, 2.45) is 5.16 Å². The quantitative estimate of drug-likeness (QED) is 0.683. The summed E-state index contributed by atoms with van der Waals surface area (Å²) in [4.78, 5) is 0. The minimum absolute atomic E-state index is 0.532. The van der Waals surface area contributed by atoms with Crippen molar-refractivity contribution >= 4 is 15.8 Å². The lowest BCUT2D eigenvalue weighted by Gasteiger charge is -2.11. The molecule has 0 aromatic rings. The second kappa shape index (κ2) is 4.77. The highest BCUT2D eigenvalue weighted by Crippen LogP contribution is 2.15. The summed E-state index contributed by atoms with van der Waals surface area (Å²) in [5.74, 6) is 0. The Bertz CT molecular complexity index is 298. The average Bonchev–Trinajstić information content (AvgIpc) is 2.16. The fourth-order valence-corrected chi connectivity index (χ4v) is 1.62. The van der Waals surface area contributed by atoms with Crippen molar-refractivity contribution in [3.05, 3.63) is 0 Å². The molecule has 0 N–H and O–H groups in total. The topological polar surface area (TPSA) is 55.7 Å². The van der Waals surface area contributed by atoms with Crippen LogP contribution in [0.4, 0.5) is 0 Å². The molecule has 4 nitrogen and oxygen atoms in total. The summed E-state index contributed by atoms with van der Waals surface area (Å²) < 4.78 is 27.1. The smallest absolute Gasteiger partial charge is 0.268 e. The molecule has 0 unspecified atom stereocenters. The lowest BCUT2D eigenvalue weighted by atomic mass is 9.99. The van der Waals surface area contributed by atoms with Crippen LogP contribution in [0.3, 0.4) is 0 Å². The van der Waals surface area contributed by atoms with Crippen LogP contribution in [0.5, 0.6) is 0 Å². The molecule has 0 radical (unpaired) electrons. The van der Waals surface area contributed by atoms with Crippen LogP contribution in [-0.4, -0.2) is 19.4 Å². The van der Waals surface area contributed by atoms with Crippen LogP contribution >= 0.6 is 0 Å². The fourth-order valence-electron chi connectivity index (χ4n) is 1.24. The molecule has 0 amide bonds. The summed E-state index contributed by atoms with van der Waals surface area (Å²) in [6, 6.07) is 0. The minimum atomic E-state index is -3.49. The van der Waals surface area contributed by atoms with E-state index >= 15 is 0 Å². The monoisotopic (exact) mass is 219 g/mol. The second-order valence-electron chi connectivity index (χ2n) is 3.83. The second-order valence-corrected chi connectivity index (χ2v) is 5.91. The minimum Gasteiger partial charge on any atom is -0.268 e. The Morgan fingerprint density at radius 1 is 1.21 bits per heavy atom. The SMILES string of the molecule is CC(C)S(=O)(=O)ON=C1CCCCC1. The maximum atomic E-state index is 11.2. The van der Waals surface area contributed by atoms with Gasteiger partial charge < -0.3 is 0 Å². The van der Waals surface area contributed by atoms with Crippen molar-refractivity contribution in [1.29, 1.82) is 0 Å². The molecular weight excluding hydrogens is 202 g/mol. The largest absolute Gasteiger partial charge is 0.330 e. The predicted molar refractivity (Wildman–Crippen MR) is 55.7 cm³/mol. The molecule has 0 aromatic heterocycles. The van der Waals surface area contributed by atoms with Gasteiger partial charge in [-0.1, -0.05) is 11.6 Å². The Labute approximate surface area is 85.5 Å². The Hall–Kier alpha value is -0.580. The molecular formula is C9H17NO3S. The molecule has 1 fully saturated rings. The zero-order chi connectivity index (χ0) is 10.6. The van der Waals surface area contributed by atoms with Gasteiger partial charge in [0.15, 0.2) is 0 Å².